The number of sulfone groups is 1. The lowest BCUT2D eigenvalue weighted by molar-refractivity contribution is 0.602. The molecule has 0 bridgehead atoms. The second-order valence-electron chi connectivity index (χ2n) is 4.89. The number of hydrogen-bond acceptors (Lipinski definition) is 5. The van der Waals surface area contributed by atoms with Crippen LogP contribution in [0, 0.1) is 0 Å². The smallest absolute Gasteiger partial charge is 0.152 e. The average Bonchev–Trinajstić information content (AvgIpc) is 2.69. The van der Waals surface area contributed by atoms with Gasteiger partial charge in [-0.3, -0.25) is 0 Å². The number of rotatable bonds is 2. The fraction of sp³-hybridized carbons (Fsp3) is 0.308. The average molecular weight is 277 g/mol. The summed E-state index contributed by atoms with van der Waals surface area (Å²) in [6, 6.07) is 9.28. The molecule has 19 heavy (non-hydrogen) atoms. The molecule has 6 heteroatoms. The Morgan fingerprint density at radius 3 is 2.84 bits per heavy atom. The van der Waals surface area contributed by atoms with E-state index in [9.17, 15) is 8.42 Å². The van der Waals surface area contributed by atoms with Crippen molar-refractivity contribution in [1.29, 1.82) is 0 Å². The number of pyridine rings is 1. The van der Waals surface area contributed by atoms with Crippen molar-refractivity contribution < 1.29 is 8.42 Å². The molecule has 3 N–H and O–H groups in total. The van der Waals surface area contributed by atoms with Crippen LogP contribution in [0.5, 0.6) is 0 Å². The summed E-state index contributed by atoms with van der Waals surface area (Å²) >= 11 is 0. The van der Waals surface area contributed by atoms with E-state index in [-0.39, 0.29) is 17.5 Å². The zero-order chi connectivity index (χ0) is 13.5. The predicted octanol–water partition coefficient (Wildman–Crippen LogP) is 1.42. The minimum absolute atomic E-state index is 0.0382. The lowest BCUT2D eigenvalue weighted by Crippen LogP contribution is -2.21. The maximum absolute atomic E-state index is 11.4. The van der Waals surface area contributed by atoms with Crippen molar-refractivity contribution in [2.75, 3.05) is 22.6 Å². The van der Waals surface area contributed by atoms with Gasteiger partial charge in [-0.15, -0.1) is 0 Å². The van der Waals surface area contributed by atoms with Gasteiger partial charge in [0.05, 0.1) is 17.0 Å². The molecule has 3 rings (SSSR count). The van der Waals surface area contributed by atoms with E-state index >= 15 is 0 Å². The molecule has 1 aromatic heterocycles. The first kappa shape index (κ1) is 12.2. The normalized spacial score (nSPS) is 21.6. The summed E-state index contributed by atoms with van der Waals surface area (Å²) in [5.41, 5.74) is 7.27. The molecule has 1 unspecified atom stereocenters. The number of nitrogens with one attached hydrogen (secondary N) is 1. The van der Waals surface area contributed by atoms with Gasteiger partial charge in [-0.1, -0.05) is 0 Å². The Morgan fingerprint density at radius 2 is 2.11 bits per heavy atom. The number of nitrogens with two attached hydrogens (primary N) is 1. The van der Waals surface area contributed by atoms with Gasteiger partial charge in [0.1, 0.15) is 5.82 Å². The van der Waals surface area contributed by atoms with Crippen molar-refractivity contribution in [3.63, 3.8) is 0 Å². The summed E-state index contributed by atoms with van der Waals surface area (Å²) in [5.74, 6) is 1.16. The molecule has 1 aromatic carbocycles. The van der Waals surface area contributed by atoms with Gasteiger partial charge in [-0.05, 0) is 36.8 Å². The summed E-state index contributed by atoms with van der Waals surface area (Å²) < 4.78 is 22.8. The van der Waals surface area contributed by atoms with Gasteiger partial charge in [0.2, 0.25) is 0 Å². The molecule has 0 spiro atoms. The van der Waals surface area contributed by atoms with E-state index in [4.69, 9.17) is 5.73 Å². The van der Waals surface area contributed by atoms with E-state index in [0.717, 1.165) is 10.9 Å². The van der Waals surface area contributed by atoms with Crippen LogP contribution in [0.15, 0.2) is 30.3 Å². The van der Waals surface area contributed by atoms with Crippen LogP contribution in [-0.2, 0) is 9.84 Å². The van der Waals surface area contributed by atoms with E-state index in [1.165, 1.54) is 0 Å². The first-order chi connectivity index (χ1) is 9.02. The van der Waals surface area contributed by atoms with Crippen LogP contribution in [0.2, 0.25) is 0 Å². The second-order valence-corrected chi connectivity index (χ2v) is 7.12. The Morgan fingerprint density at radius 1 is 1.26 bits per heavy atom. The van der Waals surface area contributed by atoms with Crippen molar-refractivity contribution in [1.82, 2.24) is 4.98 Å². The summed E-state index contributed by atoms with van der Waals surface area (Å²) in [6.07, 6.45) is 0.643. The van der Waals surface area contributed by atoms with Gasteiger partial charge < -0.3 is 11.1 Å². The Hall–Kier alpha value is -1.82. The minimum atomic E-state index is -2.87. The molecule has 1 atom stereocenters. The number of fused-ring (bicyclic) bond motifs is 1. The van der Waals surface area contributed by atoms with Crippen molar-refractivity contribution in [3.8, 4) is 0 Å². The Bertz CT molecular complexity index is 728. The zero-order valence-electron chi connectivity index (χ0n) is 10.3. The third kappa shape index (κ3) is 2.63. The monoisotopic (exact) mass is 277 g/mol. The lowest BCUT2D eigenvalue weighted by atomic mass is 10.2. The highest BCUT2D eigenvalue weighted by atomic mass is 32.2. The largest absolute Gasteiger partial charge is 0.399 e. The van der Waals surface area contributed by atoms with Crippen LogP contribution in [0.4, 0.5) is 11.5 Å². The van der Waals surface area contributed by atoms with Crippen molar-refractivity contribution in [2.45, 2.75) is 12.5 Å². The van der Waals surface area contributed by atoms with E-state index in [1.54, 1.807) is 6.07 Å². The lowest BCUT2D eigenvalue weighted by Gasteiger charge is -2.12. The Kier molecular flexibility index (Phi) is 2.82. The molecule has 0 aliphatic carbocycles. The predicted molar refractivity (Wildman–Crippen MR) is 76.8 cm³/mol. The maximum Gasteiger partial charge on any atom is 0.152 e. The van der Waals surface area contributed by atoms with Crippen LogP contribution < -0.4 is 11.1 Å². The topological polar surface area (TPSA) is 85.1 Å². The molecule has 5 nitrogen and oxygen atoms in total. The molecular weight excluding hydrogens is 262 g/mol. The zero-order valence-corrected chi connectivity index (χ0v) is 11.2. The van der Waals surface area contributed by atoms with Gasteiger partial charge in [0.15, 0.2) is 9.84 Å². The van der Waals surface area contributed by atoms with Crippen LogP contribution >= 0.6 is 0 Å². The first-order valence-corrected chi connectivity index (χ1v) is 7.97. The summed E-state index contributed by atoms with van der Waals surface area (Å²) in [5, 5.41) is 4.16. The van der Waals surface area contributed by atoms with Crippen LogP contribution in [0.1, 0.15) is 6.42 Å². The molecule has 0 radical (unpaired) electrons. The fourth-order valence-electron chi connectivity index (χ4n) is 2.34. The summed E-state index contributed by atoms with van der Waals surface area (Å²) in [6.45, 7) is 0. The van der Waals surface area contributed by atoms with Crippen molar-refractivity contribution >= 4 is 32.2 Å². The van der Waals surface area contributed by atoms with Gasteiger partial charge >= 0.3 is 0 Å². The maximum atomic E-state index is 11.4. The highest BCUT2D eigenvalue weighted by molar-refractivity contribution is 7.91. The molecule has 0 amide bonds. The molecule has 0 saturated carbocycles. The molecule has 100 valence electrons. The quantitative estimate of drug-likeness (QED) is 0.811. The number of nitrogen functional groups attached to an aromatic ring is 1. The van der Waals surface area contributed by atoms with Gasteiger partial charge in [0.25, 0.3) is 0 Å². The molecule has 2 heterocycles. The molecule has 1 fully saturated rings. The summed E-state index contributed by atoms with van der Waals surface area (Å²) in [4.78, 5) is 4.47. The van der Waals surface area contributed by atoms with E-state index in [1.807, 2.05) is 24.3 Å². The van der Waals surface area contributed by atoms with Crippen molar-refractivity contribution in [2.24, 2.45) is 0 Å². The molecule has 1 aliphatic rings. The van der Waals surface area contributed by atoms with E-state index in [2.05, 4.69) is 10.3 Å². The Labute approximate surface area is 111 Å². The minimum Gasteiger partial charge on any atom is -0.399 e. The first-order valence-electron chi connectivity index (χ1n) is 6.15. The molecule has 1 aliphatic heterocycles. The van der Waals surface area contributed by atoms with E-state index in [0.29, 0.717) is 17.9 Å². The van der Waals surface area contributed by atoms with Gasteiger partial charge in [0, 0.05) is 17.1 Å². The van der Waals surface area contributed by atoms with Gasteiger partial charge in [-0.2, -0.15) is 0 Å². The third-order valence-corrected chi connectivity index (χ3v) is 5.07. The summed E-state index contributed by atoms with van der Waals surface area (Å²) in [7, 11) is -2.87. The SMILES string of the molecule is Nc1ccc2nc(NC3CCS(=O)(=O)C3)ccc2c1. The number of nitrogens with zero attached hydrogens (tertiary/aromatic N) is 1. The molecule has 2 aromatic rings. The van der Waals surface area contributed by atoms with E-state index < -0.39 is 9.84 Å². The van der Waals surface area contributed by atoms with Crippen LogP contribution in [-0.4, -0.2) is 30.9 Å². The highest BCUT2D eigenvalue weighted by Gasteiger charge is 2.27. The molecular formula is C13H15N3O2S. The second kappa shape index (κ2) is 4.38. The van der Waals surface area contributed by atoms with Crippen LogP contribution in [0.25, 0.3) is 10.9 Å². The third-order valence-electron chi connectivity index (χ3n) is 3.30. The van der Waals surface area contributed by atoms with Gasteiger partial charge in [-0.25, -0.2) is 13.4 Å². The van der Waals surface area contributed by atoms with Crippen molar-refractivity contribution in [3.05, 3.63) is 30.3 Å². The van der Waals surface area contributed by atoms with Crippen LogP contribution in [0.3, 0.4) is 0 Å². The number of aromatic nitrogens is 1. The standard InChI is InChI=1S/C13H15N3O2S/c14-10-2-3-12-9(7-10)1-4-13(16-12)15-11-5-6-19(17,18)8-11/h1-4,7,11H,5-6,8,14H2,(H,15,16). The highest BCUT2D eigenvalue weighted by Crippen LogP contribution is 2.20. The molecule has 1 saturated heterocycles. The Balaban J connectivity index is 1.84. The fourth-order valence-corrected chi connectivity index (χ4v) is 4.02. The number of anilines is 2. The number of hydrogen-bond donors (Lipinski definition) is 2. The number of benzene rings is 1.